The molecule has 2 aliphatic heterocycles. The molecule has 2 amide bonds. The molecule has 2 unspecified atom stereocenters. The molecule has 4 rings (SSSR count). The van der Waals surface area contributed by atoms with Crippen LogP contribution in [0.3, 0.4) is 0 Å². The van der Waals surface area contributed by atoms with E-state index in [1.54, 1.807) is 12.1 Å². The lowest BCUT2D eigenvalue weighted by molar-refractivity contribution is 0.0164. The number of nitriles is 1. The van der Waals surface area contributed by atoms with E-state index in [2.05, 4.69) is 21.2 Å². The number of rotatable bonds is 3. The maximum atomic E-state index is 14.1. The average Bonchev–Trinajstić information content (AvgIpc) is 3.23. The molecule has 2 fully saturated rings. The lowest BCUT2D eigenvalue weighted by Crippen LogP contribution is -2.50. The number of piperidine rings is 1. The Morgan fingerprint density at radius 1 is 1.24 bits per heavy atom. The SMILES string of the molecule is CC(C)(C)NC(=O)OC1CC2CCC(C1)N2C(=O)c1cc(-c2ccc(C#N)c(F)c2)c(Br)s1. The van der Waals surface area contributed by atoms with E-state index in [9.17, 15) is 14.0 Å². The van der Waals surface area contributed by atoms with Gasteiger partial charge in [0.25, 0.3) is 5.91 Å². The molecule has 2 aliphatic rings. The monoisotopic (exact) mass is 533 g/mol. The lowest BCUT2D eigenvalue weighted by Gasteiger charge is -2.38. The Balaban J connectivity index is 1.48. The first-order chi connectivity index (χ1) is 15.6. The van der Waals surface area contributed by atoms with Crippen molar-refractivity contribution >= 4 is 39.3 Å². The first kappa shape index (κ1) is 23.7. The molecule has 2 aromatic rings. The van der Waals surface area contributed by atoms with Crippen LogP contribution in [0.25, 0.3) is 11.1 Å². The van der Waals surface area contributed by atoms with Crippen molar-refractivity contribution in [2.75, 3.05) is 0 Å². The third kappa shape index (κ3) is 5.07. The van der Waals surface area contributed by atoms with Crippen molar-refractivity contribution in [3.63, 3.8) is 0 Å². The Morgan fingerprint density at radius 2 is 1.91 bits per heavy atom. The molecular formula is C24H25BrFN3O3S. The minimum Gasteiger partial charge on any atom is -0.446 e. The van der Waals surface area contributed by atoms with Gasteiger partial charge < -0.3 is 15.0 Å². The van der Waals surface area contributed by atoms with Gasteiger partial charge >= 0.3 is 6.09 Å². The zero-order valence-electron chi connectivity index (χ0n) is 18.7. The molecule has 1 aromatic carbocycles. The molecule has 0 saturated carbocycles. The van der Waals surface area contributed by atoms with Gasteiger partial charge in [0.1, 0.15) is 18.0 Å². The quantitative estimate of drug-likeness (QED) is 0.536. The van der Waals surface area contributed by atoms with Gasteiger partial charge in [0.2, 0.25) is 0 Å². The van der Waals surface area contributed by atoms with Gasteiger partial charge in [0.05, 0.1) is 14.2 Å². The van der Waals surface area contributed by atoms with E-state index >= 15 is 0 Å². The van der Waals surface area contributed by atoms with Crippen LogP contribution in [-0.4, -0.2) is 40.6 Å². The Kier molecular flexibility index (Phi) is 6.52. The number of ether oxygens (including phenoxy) is 1. The van der Waals surface area contributed by atoms with Gasteiger partial charge in [0, 0.05) is 36.0 Å². The number of carbonyl (C=O) groups is 2. The predicted molar refractivity (Wildman–Crippen MR) is 127 cm³/mol. The highest BCUT2D eigenvalue weighted by Gasteiger charge is 2.45. The molecule has 6 nitrogen and oxygen atoms in total. The summed E-state index contributed by atoms with van der Waals surface area (Å²) in [6.07, 6.45) is 2.39. The fraction of sp³-hybridized carbons (Fsp3) is 0.458. The predicted octanol–water partition coefficient (Wildman–Crippen LogP) is 5.85. The third-order valence-corrected chi connectivity index (χ3v) is 7.80. The van der Waals surface area contributed by atoms with E-state index in [0.29, 0.717) is 23.3 Å². The smallest absolute Gasteiger partial charge is 0.407 e. The number of fused-ring (bicyclic) bond motifs is 2. The molecule has 2 bridgehead atoms. The van der Waals surface area contributed by atoms with Gasteiger partial charge in [-0.05, 0) is 73.3 Å². The molecule has 1 aromatic heterocycles. The lowest BCUT2D eigenvalue weighted by atomic mass is 9.99. The molecule has 3 heterocycles. The van der Waals surface area contributed by atoms with Gasteiger partial charge in [-0.15, -0.1) is 11.3 Å². The van der Waals surface area contributed by atoms with E-state index < -0.39 is 11.9 Å². The number of amides is 2. The minimum atomic E-state index is -0.586. The van der Waals surface area contributed by atoms with Crippen molar-refractivity contribution in [2.45, 2.75) is 70.2 Å². The number of thiophene rings is 1. The van der Waals surface area contributed by atoms with E-state index in [0.717, 1.165) is 22.2 Å². The molecule has 0 radical (unpaired) electrons. The van der Waals surface area contributed by atoms with Crippen LogP contribution >= 0.6 is 27.3 Å². The Bertz CT molecular complexity index is 1120. The zero-order chi connectivity index (χ0) is 23.9. The fourth-order valence-electron chi connectivity index (χ4n) is 4.61. The van der Waals surface area contributed by atoms with Crippen LogP contribution in [0.2, 0.25) is 0 Å². The fourth-order valence-corrected chi connectivity index (χ4v) is 6.33. The third-order valence-electron chi connectivity index (χ3n) is 5.97. The first-order valence-electron chi connectivity index (χ1n) is 10.9. The van der Waals surface area contributed by atoms with Crippen LogP contribution in [0.1, 0.15) is 61.7 Å². The van der Waals surface area contributed by atoms with Crippen LogP contribution in [0.15, 0.2) is 28.1 Å². The maximum absolute atomic E-state index is 14.1. The molecule has 9 heteroatoms. The first-order valence-corrected chi connectivity index (χ1v) is 12.5. The second-order valence-corrected chi connectivity index (χ2v) is 11.9. The van der Waals surface area contributed by atoms with Crippen LogP contribution in [0.5, 0.6) is 0 Å². The molecule has 2 atom stereocenters. The van der Waals surface area contributed by atoms with Crippen molar-refractivity contribution in [2.24, 2.45) is 0 Å². The van der Waals surface area contributed by atoms with Crippen LogP contribution in [0, 0.1) is 17.1 Å². The Hall–Kier alpha value is -2.44. The summed E-state index contributed by atoms with van der Waals surface area (Å²) in [6.45, 7) is 5.71. The highest BCUT2D eigenvalue weighted by atomic mass is 79.9. The molecule has 174 valence electrons. The highest BCUT2D eigenvalue weighted by Crippen LogP contribution is 2.41. The standard InChI is InChI=1S/C24H25BrFN3O3S/c1-24(2,3)28-23(31)32-17-9-15-6-7-16(10-17)29(15)22(30)20-11-18(21(25)33-20)13-4-5-14(12-27)19(26)8-13/h4-5,8,11,15-17H,6-7,9-10H2,1-3H3,(H,28,31). The van der Waals surface area contributed by atoms with E-state index in [4.69, 9.17) is 10.00 Å². The van der Waals surface area contributed by atoms with Crippen LogP contribution < -0.4 is 5.32 Å². The van der Waals surface area contributed by atoms with Gasteiger partial charge in [-0.2, -0.15) is 5.26 Å². The van der Waals surface area contributed by atoms with Crippen molar-refractivity contribution in [1.29, 1.82) is 5.26 Å². The maximum Gasteiger partial charge on any atom is 0.407 e. The number of hydrogen-bond acceptors (Lipinski definition) is 5. The summed E-state index contributed by atoms with van der Waals surface area (Å²) in [7, 11) is 0. The second kappa shape index (κ2) is 9.07. The van der Waals surface area contributed by atoms with E-state index in [-0.39, 0.29) is 35.2 Å². The van der Waals surface area contributed by atoms with Crippen molar-refractivity contribution < 1.29 is 18.7 Å². The zero-order valence-corrected chi connectivity index (χ0v) is 21.1. The number of hydrogen-bond donors (Lipinski definition) is 1. The van der Waals surface area contributed by atoms with Crippen molar-refractivity contribution in [3.8, 4) is 17.2 Å². The summed E-state index contributed by atoms with van der Waals surface area (Å²) < 4.78 is 20.5. The molecule has 0 aliphatic carbocycles. The van der Waals surface area contributed by atoms with Crippen LogP contribution in [-0.2, 0) is 4.74 Å². The van der Waals surface area contributed by atoms with E-state index in [1.165, 1.54) is 23.5 Å². The van der Waals surface area contributed by atoms with Crippen molar-refractivity contribution in [1.82, 2.24) is 10.2 Å². The summed E-state index contributed by atoms with van der Waals surface area (Å²) in [5.41, 5.74) is 0.943. The minimum absolute atomic E-state index is 0.0146. The normalized spacial score (nSPS) is 22.1. The summed E-state index contributed by atoms with van der Waals surface area (Å²) >= 11 is 4.83. The number of alkyl carbamates (subject to hydrolysis) is 1. The number of nitrogens with one attached hydrogen (secondary N) is 1. The Labute approximate surface area is 204 Å². The summed E-state index contributed by atoms with van der Waals surface area (Å²) in [5.74, 6) is -0.636. The Morgan fingerprint density at radius 3 is 2.48 bits per heavy atom. The molecule has 1 N–H and O–H groups in total. The molecule has 2 saturated heterocycles. The van der Waals surface area contributed by atoms with Crippen molar-refractivity contribution in [3.05, 3.63) is 44.3 Å². The van der Waals surface area contributed by atoms with E-state index in [1.807, 2.05) is 31.7 Å². The number of benzene rings is 1. The molecule has 33 heavy (non-hydrogen) atoms. The molecule has 0 spiro atoms. The number of halogens is 2. The van der Waals surface area contributed by atoms with Gasteiger partial charge in [0.15, 0.2) is 0 Å². The second-order valence-electron chi connectivity index (χ2n) is 9.58. The summed E-state index contributed by atoms with van der Waals surface area (Å²) in [5, 5.41) is 11.8. The summed E-state index contributed by atoms with van der Waals surface area (Å²) in [6, 6.07) is 8.08. The summed E-state index contributed by atoms with van der Waals surface area (Å²) in [4.78, 5) is 28.1. The topological polar surface area (TPSA) is 82.4 Å². The van der Waals surface area contributed by atoms with Gasteiger partial charge in [-0.1, -0.05) is 6.07 Å². The molecular weight excluding hydrogens is 509 g/mol. The average molecular weight is 534 g/mol. The van der Waals surface area contributed by atoms with Gasteiger partial charge in [-0.3, -0.25) is 4.79 Å². The number of carbonyl (C=O) groups excluding carboxylic acids is 2. The largest absolute Gasteiger partial charge is 0.446 e. The van der Waals surface area contributed by atoms with Crippen LogP contribution in [0.4, 0.5) is 9.18 Å². The van der Waals surface area contributed by atoms with Gasteiger partial charge in [-0.25, -0.2) is 9.18 Å². The number of nitrogens with zero attached hydrogens (tertiary/aromatic N) is 2. The highest BCUT2D eigenvalue weighted by molar-refractivity contribution is 9.11.